The number of anilines is 2. The SMILES string of the molecule is CC(=O)Nc1cccc(C(=O)Nc2ccccc2Oc2ccccc2)n1. The van der Waals surface area contributed by atoms with Gasteiger partial charge >= 0.3 is 0 Å². The summed E-state index contributed by atoms with van der Waals surface area (Å²) in [7, 11) is 0. The molecule has 0 unspecified atom stereocenters. The summed E-state index contributed by atoms with van der Waals surface area (Å²) in [6.07, 6.45) is 0. The normalized spacial score (nSPS) is 10.0. The Hall–Kier alpha value is -3.67. The molecular weight excluding hydrogens is 330 g/mol. The van der Waals surface area contributed by atoms with Crippen LogP contribution in [0.1, 0.15) is 17.4 Å². The third-order valence-electron chi connectivity index (χ3n) is 3.39. The number of nitrogens with zero attached hydrogens (tertiary/aromatic N) is 1. The Balaban J connectivity index is 1.79. The number of carbonyl (C=O) groups is 2. The molecule has 130 valence electrons. The fraction of sp³-hybridized carbons (Fsp3) is 0.0500. The van der Waals surface area contributed by atoms with E-state index in [1.807, 2.05) is 36.4 Å². The first-order valence-electron chi connectivity index (χ1n) is 8.00. The predicted octanol–water partition coefficient (Wildman–Crippen LogP) is 4.08. The Morgan fingerprint density at radius 1 is 0.846 bits per heavy atom. The molecule has 0 spiro atoms. The molecule has 0 atom stereocenters. The molecule has 1 aromatic heterocycles. The first-order chi connectivity index (χ1) is 12.6. The molecule has 0 aliphatic carbocycles. The Bertz CT molecular complexity index is 926. The van der Waals surface area contributed by atoms with Crippen LogP contribution in [0, 0.1) is 0 Å². The molecule has 0 saturated heterocycles. The molecule has 0 fully saturated rings. The quantitative estimate of drug-likeness (QED) is 0.729. The van der Waals surface area contributed by atoms with Crippen LogP contribution < -0.4 is 15.4 Å². The van der Waals surface area contributed by atoms with Crippen molar-refractivity contribution in [1.29, 1.82) is 0 Å². The molecule has 26 heavy (non-hydrogen) atoms. The van der Waals surface area contributed by atoms with E-state index in [1.54, 1.807) is 36.4 Å². The lowest BCUT2D eigenvalue weighted by molar-refractivity contribution is -0.114. The second-order valence-corrected chi connectivity index (χ2v) is 5.45. The zero-order chi connectivity index (χ0) is 18.4. The van der Waals surface area contributed by atoms with Crippen LogP contribution in [0.5, 0.6) is 11.5 Å². The van der Waals surface area contributed by atoms with E-state index in [0.29, 0.717) is 23.0 Å². The summed E-state index contributed by atoms with van der Waals surface area (Å²) in [6.45, 7) is 1.38. The number of aromatic nitrogens is 1. The van der Waals surface area contributed by atoms with E-state index in [-0.39, 0.29) is 11.6 Å². The molecule has 6 nitrogen and oxygen atoms in total. The maximum absolute atomic E-state index is 12.5. The molecule has 3 aromatic rings. The molecule has 0 radical (unpaired) electrons. The smallest absolute Gasteiger partial charge is 0.274 e. The molecule has 2 aromatic carbocycles. The van der Waals surface area contributed by atoms with Crippen molar-refractivity contribution in [3.05, 3.63) is 78.5 Å². The minimum atomic E-state index is -0.402. The summed E-state index contributed by atoms with van der Waals surface area (Å²) >= 11 is 0. The predicted molar refractivity (Wildman–Crippen MR) is 99.5 cm³/mol. The fourth-order valence-corrected chi connectivity index (χ4v) is 2.27. The van der Waals surface area contributed by atoms with Gasteiger partial charge in [0.1, 0.15) is 17.3 Å². The number of ether oxygens (including phenoxy) is 1. The Morgan fingerprint density at radius 2 is 1.58 bits per heavy atom. The van der Waals surface area contributed by atoms with Crippen molar-refractivity contribution in [2.75, 3.05) is 10.6 Å². The highest BCUT2D eigenvalue weighted by atomic mass is 16.5. The molecule has 1 heterocycles. The average Bonchev–Trinajstić information content (AvgIpc) is 2.64. The van der Waals surface area contributed by atoms with E-state index in [4.69, 9.17) is 4.74 Å². The summed E-state index contributed by atoms with van der Waals surface area (Å²) in [6, 6.07) is 21.3. The van der Waals surface area contributed by atoms with Gasteiger partial charge in [0, 0.05) is 6.92 Å². The van der Waals surface area contributed by atoms with Crippen molar-refractivity contribution in [3.63, 3.8) is 0 Å². The maximum atomic E-state index is 12.5. The van der Waals surface area contributed by atoms with Crippen LogP contribution >= 0.6 is 0 Å². The molecule has 0 aliphatic rings. The second kappa shape index (κ2) is 7.94. The van der Waals surface area contributed by atoms with Crippen molar-refractivity contribution >= 4 is 23.3 Å². The van der Waals surface area contributed by atoms with E-state index in [9.17, 15) is 9.59 Å². The van der Waals surface area contributed by atoms with Crippen LogP contribution in [0.3, 0.4) is 0 Å². The van der Waals surface area contributed by atoms with Gasteiger partial charge in [-0.05, 0) is 36.4 Å². The van der Waals surface area contributed by atoms with E-state index in [1.165, 1.54) is 6.92 Å². The summed E-state index contributed by atoms with van der Waals surface area (Å²) < 4.78 is 5.83. The molecule has 2 N–H and O–H groups in total. The van der Waals surface area contributed by atoms with Crippen LogP contribution in [0.4, 0.5) is 11.5 Å². The average molecular weight is 347 g/mol. The van der Waals surface area contributed by atoms with Gasteiger partial charge in [0.2, 0.25) is 5.91 Å². The minimum Gasteiger partial charge on any atom is -0.455 e. The highest BCUT2D eigenvalue weighted by Gasteiger charge is 2.12. The van der Waals surface area contributed by atoms with Crippen molar-refractivity contribution < 1.29 is 14.3 Å². The summed E-state index contributed by atoms with van der Waals surface area (Å²) in [5, 5.41) is 5.34. The summed E-state index contributed by atoms with van der Waals surface area (Å²) in [5.41, 5.74) is 0.707. The number of benzene rings is 2. The number of para-hydroxylation sites is 3. The molecular formula is C20H17N3O3. The molecule has 0 saturated carbocycles. The van der Waals surface area contributed by atoms with E-state index in [0.717, 1.165) is 0 Å². The Morgan fingerprint density at radius 3 is 2.35 bits per heavy atom. The van der Waals surface area contributed by atoms with E-state index >= 15 is 0 Å². The van der Waals surface area contributed by atoms with E-state index < -0.39 is 5.91 Å². The van der Waals surface area contributed by atoms with Gasteiger partial charge in [-0.1, -0.05) is 36.4 Å². The van der Waals surface area contributed by atoms with Gasteiger partial charge in [0.15, 0.2) is 5.75 Å². The number of nitrogens with one attached hydrogen (secondary N) is 2. The Kier molecular flexibility index (Phi) is 5.24. The van der Waals surface area contributed by atoms with Crippen molar-refractivity contribution in [1.82, 2.24) is 4.98 Å². The molecule has 0 bridgehead atoms. The lowest BCUT2D eigenvalue weighted by atomic mass is 10.2. The van der Waals surface area contributed by atoms with Gasteiger partial charge in [0.05, 0.1) is 5.69 Å². The highest BCUT2D eigenvalue weighted by molar-refractivity contribution is 6.04. The lowest BCUT2D eigenvalue weighted by Crippen LogP contribution is -2.16. The number of hydrogen-bond acceptors (Lipinski definition) is 4. The minimum absolute atomic E-state index is 0.186. The van der Waals surface area contributed by atoms with Crippen LogP contribution in [0.15, 0.2) is 72.8 Å². The number of hydrogen-bond donors (Lipinski definition) is 2. The maximum Gasteiger partial charge on any atom is 0.274 e. The van der Waals surface area contributed by atoms with Crippen LogP contribution in [0.25, 0.3) is 0 Å². The fourth-order valence-electron chi connectivity index (χ4n) is 2.27. The van der Waals surface area contributed by atoms with Gasteiger partial charge in [-0.15, -0.1) is 0 Å². The van der Waals surface area contributed by atoms with Gasteiger partial charge in [-0.3, -0.25) is 9.59 Å². The molecule has 2 amide bonds. The van der Waals surface area contributed by atoms with Gasteiger partial charge in [-0.25, -0.2) is 4.98 Å². The largest absolute Gasteiger partial charge is 0.455 e. The van der Waals surface area contributed by atoms with E-state index in [2.05, 4.69) is 15.6 Å². The van der Waals surface area contributed by atoms with Crippen LogP contribution in [-0.4, -0.2) is 16.8 Å². The lowest BCUT2D eigenvalue weighted by Gasteiger charge is -2.12. The first-order valence-corrected chi connectivity index (χ1v) is 8.00. The zero-order valence-electron chi connectivity index (χ0n) is 14.1. The monoisotopic (exact) mass is 347 g/mol. The first kappa shape index (κ1) is 17.2. The van der Waals surface area contributed by atoms with Crippen molar-refractivity contribution in [2.45, 2.75) is 6.92 Å². The number of rotatable bonds is 5. The molecule has 0 aliphatic heterocycles. The van der Waals surface area contributed by atoms with Crippen molar-refractivity contribution in [2.24, 2.45) is 0 Å². The highest BCUT2D eigenvalue weighted by Crippen LogP contribution is 2.29. The molecule has 6 heteroatoms. The summed E-state index contributed by atoms with van der Waals surface area (Å²) in [5.74, 6) is 0.849. The third kappa shape index (κ3) is 4.45. The number of pyridine rings is 1. The van der Waals surface area contributed by atoms with Gasteiger partial charge in [-0.2, -0.15) is 0 Å². The number of carbonyl (C=O) groups excluding carboxylic acids is 2. The van der Waals surface area contributed by atoms with Crippen LogP contribution in [0.2, 0.25) is 0 Å². The van der Waals surface area contributed by atoms with Crippen molar-refractivity contribution in [3.8, 4) is 11.5 Å². The second-order valence-electron chi connectivity index (χ2n) is 5.45. The van der Waals surface area contributed by atoms with Gasteiger partial charge in [0.25, 0.3) is 5.91 Å². The topological polar surface area (TPSA) is 80.3 Å². The molecule has 3 rings (SSSR count). The summed E-state index contributed by atoms with van der Waals surface area (Å²) in [4.78, 5) is 27.8. The number of amides is 2. The standard InChI is InChI=1S/C20H17N3O3/c1-14(24)21-19-13-7-11-17(22-19)20(25)23-16-10-5-6-12-18(16)26-15-8-3-2-4-9-15/h2-13H,1H3,(H,23,25)(H,21,22,24). The Labute approximate surface area is 150 Å². The zero-order valence-corrected chi connectivity index (χ0v) is 14.1. The van der Waals surface area contributed by atoms with Crippen LogP contribution in [-0.2, 0) is 4.79 Å². The third-order valence-corrected chi connectivity index (χ3v) is 3.39. The van der Waals surface area contributed by atoms with Gasteiger partial charge < -0.3 is 15.4 Å².